The van der Waals surface area contributed by atoms with Crippen LogP contribution in [0.5, 0.6) is 0 Å². The molecule has 5 nitrogen and oxygen atoms in total. The third-order valence-corrected chi connectivity index (χ3v) is 2.76. The summed E-state index contributed by atoms with van der Waals surface area (Å²) < 4.78 is 0. The lowest BCUT2D eigenvalue weighted by Gasteiger charge is -2.21. The number of aliphatic carboxylic acids is 1. The summed E-state index contributed by atoms with van der Waals surface area (Å²) in [5, 5.41) is 9.07. The summed E-state index contributed by atoms with van der Waals surface area (Å²) in [6, 6.07) is 4.80. The van der Waals surface area contributed by atoms with Crippen LogP contribution in [0.4, 0.5) is 5.69 Å². The van der Waals surface area contributed by atoms with Crippen molar-refractivity contribution in [3.05, 3.63) is 28.8 Å². The maximum atomic E-state index is 11.3. The van der Waals surface area contributed by atoms with Crippen LogP contribution in [-0.2, 0) is 4.79 Å². The Morgan fingerprint density at radius 2 is 2.11 bits per heavy atom. The molecule has 0 fully saturated rings. The Kier molecular flexibility index (Phi) is 4.97. The normalized spacial score (nSPS) is 10.1. The average Bonchev–Trinajstić information content (AvgIpc) is 2.27. The first kappa shape index (κ1) is 14.3. The largest absolute Gasteiger partial charge is 0.481 e. The van der Waals surface area contributed by atoms with Crippen LogP contribution >= 0.6 is 11.6 Å². The lowest BCUT2D eigenvalue weighted by atomic mass is 10.1. The minimum atomic E-state index is -0.843. The molecule has 0 unspecified atom stereocenters. The molecule has 1 rings (SSSR count). The monoisotopic (exact) mass is 270 g/mol. The molecule has 18 heavy (non-hydrogen) atoms. The van der Waals surface area contributed by atoms with Crippen molar-refractivity contribution in [1.82, 2.24) is 0 Å². The Bertz CT molecular complexity index is 463. The zero-order valence-electron chi connectivity index (χ0n) is 10.0. The molecule has 0 aromatic heterocycles. The van der Waals surface area contributed by atoms with Gasteiger partial charge in [-0.25, -0.2) is 0 Å². The highest BCUT2D eigenvalue weighted by Crippen LogP contribution is 2.24. The fourth-order valence-electron chi connectivity index (χ4n) is 1.62. The lowest BCUT2D eigenvalue weighted by Crippen LogP contribution is -2.23. The van der Waals surface area contributed by atoms with E-state index in [1.54, 1.807) is 30.1 Å². The number of carboxylic acid groups (broad SMARTS) is 1. The number of hydrogen-bond acceptors (Lipinski definition) is 3. The van der Waals surface area contributed by atoms with E-state index in [9.17, 15) is 9.59 Å². The SMILES string of the molecule is CN(CCCC(=O)O)c1cc(Cl)ccc1C(N)=O. The smallest absolute Gasteiger partial charge is 0.303 e. The van der Waals surface area contributed by atoms with Crippen molar-refractivity contribution in [2.45, 2.75) is 12.8 Å². The van der Waals surface area contributed by atoms with Crippen LogP contribution in [-0.4, -0.2) is 30.6 Å². The topological polar surface area (TPSA) is 83.6 Å². The van der Waals surface area contributed by atoms with E-state index in [1.165, 1.54) is 0 Å². The number of carboxylic acids is 1. The van der Waals surface area contributed by atoms with Crippen molar-refractivity contribution in [3.63, 3.8) is 0 Å². The van der Waals surface area contributed by atoms with E-state index in [1.807, 2.05) is 0 Å². The first-order valence-electron chi connectivity index (χ1n) is 5.44. The van der Waals surface area contributed by atoms with E-state index < -0.39 is 11.9 Å². The number of hydrogen-bond donors (Lipinski definition) is 2. The highest BCUT2D eigenvalue weighted by molar-refractivity contribution is 6.31. The lowest BCUT2D eigenvalue weighted by molar-refractivity contribution is -0.137. The van der Waals surface area contributed by atoms with Gasteiger partial charge in [-0.05, 0) is 24.6 Å². The van der Waals surface area contributed by atoms with Crippen molar-refractivity contribution in [1.29, 1.82) is 0 Å². The van der Waals surface area contributed by atoms with Crippen molar-refractivity contribution in [2.24, 2.45) is 5.73 Å². The number of carbonyl (C=O) groups excluding carboxylic acids is 1. The average molecular weight is 271 g/mol. The highest BCUT2D eigenvalue weighted by Gasteiger charge is 2.12. The van der Waals surface area contributed by atoms with Gasteiger partial charge in [0.15, 0.2) is 0 Å². The van der Waals surface area contributed by atoms with E-state index in [-0.39, 0.29) is 6.42 Å². The van der Waals surface area contributed by atoms with Gasteiger partial charge in [-0.1, -0.05) is 11.6 Å². The molecule has 0 spiro atoms. The van der Waals surface area contributed by atoms with Crippen LogP contribution in [0.25, 0.3) is 0 Å². The molecule has 0 aliphatic carbocycles. The van der Waals surface area contributed by atoms with Gasteiger partial charge >= 0.3 is 5.97 Å². The quantitative estimate of drug-likeness (QED) is 0.825. The van der Waals surface area contributed by atoms with Crippen LogP contribution in [0.3, 0.4) is 0 Å². The number of primary amides is 1. The van der Waals surface area contributed by atoms with Gasteiger partial charge in [-0.15, -0.1) is 0 Å². The number of halogens is 1. The summed E-state index contributed by atoms with van der Waals surface area (Å²) in [5.41, 5.74) is 6.26. The molecule has 1 amide bonds. The summed E-state index contributed by atoms with van der Waals surface area (Å²) in [6.45, 7) is 0.507. The molecule has 0 aliphatic rings. The van der Waals surface area contributed by atoms with E-state index in [4.69, 9.17) is 22.4 Å². The Morgan fingerprint density at radius 3 is 2.67 bits per heavy atom. The summed E-state index contributed by atoms with van der Waals surface area (Å²) in [7, 11) is 1.76. The Labute approximate surface area is 110 Å². The van der Waals surface area contributed by atoms with Crippen molar-refractivity contribution in [3.8, 4) is 0 Å². The number of carbonyl (C=O) groups is 2. The molecule has 3 N–H and O–H groups in total. The third-order valence-electron chi connectivity index (χ3n) is 2.52. The summed E-state index contributed by atoms with van der Waals surface area (Å²) in [6.07, 6.45) is 0.563. The van der Waals surface area contributed by atoms with Gasteiger partial charge in [0, 0.05) is 25.0 Å². The molecule has 0 atom stereocenters. The molecular formula is C12H15ClN2O3. The maximum absolute atomic E-state index is 11.3. The minimum absolute atomic E-state index is 0.0802. The molecule has 6 heteroatoms. The fourth-order valence-corrected chi connectivity index (χ4v) is 1.78. The zero-order valence-corrected chi connectivity index (χ0v) is 10.8. The molecule has 0 radical (unpaired) electrons. The summed E-state index contributed by atoms with van der Waals surface area (Å²) in [4.78, 5) is 23.5. The van der Waals surface area contributed by atoms with Gasteiger partial charge in [0.2, 0.25) is 0 Å². The first-order chi connectivity index (χ1) is 8.41. The predicted octanol–water partition coefficient (Wildman–Crippen LogP) is 1.74. The first-order valence-corrected chi connectivity index (χ1v) is 5.82. The van der Waals surface area contributed by atoms with E-state index in [0.29, 0.717) is 29.2 Å². The highest BCUT2D eigenvalue weighted by atomic mass is 35.5. The van der Waals surface area contributed by atoms with Gasteiger partial charge in [-0.2, -0.15) is 0 Å². The van der Waals surface area contributed by atoms with Crippen LogP contribution in [0.15, 0.2) is 18.2 Å². The molecule has 98 valence electrons. The van der Waals surface area contributed by atoms with Gasteiger partial charge in [-0.3, -0.25) is 9.59 Å². The van der Waals surface area contributed by atoms with Gasteiger partial charge in [0.25, 0.3) is 5.91 Å². The second-order valence-electron chi connectivity index (χ2n) is 3.94. The van der Waals surface area contributed by atoms with E-state index >= 15 is 0 Å². The zero-order chi connectivity index (χ0) is 13.7. The van der Waals surface area contributed by atoms with Crippen LogP contribution < -0.4 is 10.6 Å². The molecular weight excluding hydrogens is 256 g/mol. The Morgan fingerprint density at radius 1 is 1.44 bits per heavy atom. The number of rotatable bonds is 6. The molecule has 0 aliphatic heterocycles. The minimum Gasteiger partial charge on any atom is -0.481 e. The van der Waals surface area contributed by atoms with Crippen molar-refractivity contribution >= 4 is 29.2 Å². The number of anilines is 1. The standard InChI is InChI=1S/C12H15ClN2O3/c1-15(6-2-3-11(16)17)10-7-8(13)4-5-9(10)12(14)18/h4-5,7H,2-3,6H2,1H3,(H2,14,18)(H,16,17). The second kappa shape index (κ2) is 6.26. The molecule has 0 saturated heterocycles. The molecule has 1 aromatic rings. The maximum Gasteiger partial charge on any atom is 0.303 e. The van der Waals surface area contributed by atoms with Crippen LogP contribution in [0.2, 0.25) is 5.02 Å². The fraction of sp³-hybridized carbons (Fsp3) is 0.333. The van der Waals surface area contributed by atoms with Crippen molar-refractivity contribution in [2.75, 3.05) is 18.5 Å². The summed E-state index contributed by atoms with van der Waals surface area (Å²) in [5.74, 6) is -1.38. The van der Waals surface area contributed by atoms with Crippen molar-refractivity contribution < 1.29 is 14.7 Å². The van der Waals surface area contributed by atoms with Gasteiger partial charge in [0.1, 0.15) is 0 Å². The van der Waals surface area contributed by atoms with Gasteiger partial charge in [0.05, 0.1) is 11.3 Å². The predicted molar refractivity (Wildman–Crippen MR) is 70.1 cm³/mol. The van der Waals surface area contributed by atoms with Crippen LogP contribution in [0.1, 0.15) is 23.2 Å². The Balaban J connectivity index is 2.83. The van der Waals surface area contributed by atoms with E-state index in [0.717, 1.165) is 0 Å². The number of nitrogens with two attached hydrogens (primary N) is 1. The summed E-state index contributed by atoms with van der Waals surface area (Å²) >= 11 is 5.88. The molecule has 0 bridgehead atoms. The molecule has 1 aromatic carbocycles. The molecule has 0 saturated carbocycles. The number of amides is 1. The van der Waals surface area contributed by atoms with Crippen LogP contribution in [0, 0.1) is 0 Å². The molecule has 0 heterocycles. The Hall–Kier alpha value is -1.75. The number of benzene rings is 1. The van der Waals surface area contributed by atoms with E-state index in [2.05, 4.69) is 0 Å². The third kappa shape index (κ3) is 3.92. The van der Waals surface area contributed by atoms with Gasteiger partial charge < -0.3 is 15.7 Å². The number of nitrogens with zero attached hydrogens (tertiary/aromatic N) is 1. The second-order valence-corrected chi connectivity index (χ2v) is 4.38.